The van der Waals surface area contributed by atoms with E-state index in [1.54, 1.807) is 24.0 Å². The van der Waals surface area contributed by atoms with Crippen molar-refractivity contribution < 1.29 is 28.6 Å². The Morgan fingerprint density at radius 1 is 1.18 bits per heavy atom. The molecule has 0 saturated carbocycles. The zero-order chi connectivity index (χ0) is 20.4. The van der Waals surface area contributed by atoms with Gasteiger partial charge in [-0.15, -0.1) is 0 Å². The van der Waals surface area contributed by atoms with Crippen LogP contribution in [0.4, 0.5) is 0 Å². The maximum absolute atomic E-state index is 12.7. The van der Waals surface area contributed by atoms with Crippen LogP contribution < -0.4 is 15.1 Å². The van der Waals surface area contributed by atoms with Crippen molar-refractivity contribution in [3.8, 4) is 11.5 Å². The maximum atomic E-state index is 12.7. The third-order valence-electron chi connectivity index (χ3n) is 5.32. The van der Waals surface area contributed by atoms with Gasteiger partial charge in [-0.05, 0) is 31.4 Å². The first-order valence-electron chi connectivity index (χ1n) is 9.04. The number of methoxy groups -OCH3 is 2. The number of aliphatic carboxylic acids is 1. The molecule has 2 heterocycles. The van der Waals surface area contributed by atoms with E-state index in [1.165, 1.54) is 14.2 Å². The van der Waals surface area contributed by atoms with E-state index in [-0.39, 0.29) is 12.3 Å². The number of amides is 1. The number of rotatable bonds is 5. The van der Waals surface area contributed by atoms with Crippen molar-refractivity contribution in [3.05, 3.63) is 33.7 Å². The zero-order valence-corrected chi connectivity index (χ0v) is 16.1. The van der Waals surface area contributed by atoms with E-state index in [1.807, 2.05) is 0 Å². The highest BCUT2D eigenvalue weighted by molar-refractivity contribution is 5.87. The van der Waals surface area contributed by atoms with Gasteiger partial charge in [0.25, 0.3) is 0 Å². The van der Waals surface area contributed by atoms with E-state index < -0.39 is 17.5 Å². The van der Waals surface area contributed by atoms with Gasteiger partial charge >= 0.3 is 11.6 Å². The number of nitrogens with zero attached hydrogens (tertiary/aromatic N) is 1. The van der Waals surface area contributed by atoms with Crippen molar-refractivity contribution in [2.24, 2.45) is 5.92 Å². The number of hydrogen-bond acceptors (Lipinski definition) is 6. The number of carbonyl (C=O) groups is 2. The fourth-order valence-electron chi connectivity index (χ4n) is 3.56. The van der Waals surface area contributed by atoms with Crippen molar-refractivity contribution in [1.29, 1.82) is 0 Å². The number of aryl methyl sites for hydroxylation is 1. The van der Waals surface area contributed by atoms with Crippen LogP contribution in [0.1, 0.15) is 24.0 Å². The number of piperidine rings is 1. The van der Waals surface area contributed by atoms with Crippen molar-refractivity contribution in [2.45, 2.75) is 26.2 Å². The van der Waals surface area contributed by atoms with Gasteiger partial charge in [0, 0.05) is 24.5 Å². The van der Waals surface area contributed by atoms with Crippen LogP contribution >= 0.6 is 0 Å². The van der Waals surface area contributed by atoms with Gasteiger partial charge in [0.05, 0.1) is 32.1 Å². The van der Waals surface area contributed by atoms with E-state index in [0.717, 1.165) is 0 Å². The Labute approximate surface area is 161 Å². The van der Waals surface area contributed by atoms with Crippen LogP contribution in [0.2, 0.25) is 0 Å². The van der Waals surface area contributed by atoms with Crippen molar-refractivity contribution in [3.63, 3.8) is 0 Å². The number of benzene rings is 1. The Bertz CT molecular complexity index is 971. The molecule has 0 unspecified atom stereocenters. The summed E-state index contributed by atoms with van der Waals surface area (Å²) < 4.78 is 16.0. The summed E-state index contributed by atoms with van der Waals surface area (Å²) in [6.07, 6.45) is 0.753. The number of fused-ring (bicyclic) bond motifs is 1. The summed E-state index contributed by atoms with van der Waals surface area (Å²) in [5.74, 6) is -0.511. The largest absolute Gasteiger partial charge is 0.493 e. The van der Waals surface area contributed by atoms with Gasteiger partial charge < -0.3 is 23.9 Å². The number of carboxylic acids is 1. The summed E-state index contributed by atoms with van der Waals surface area (Å²) in [6, 6.07) is 3.31. The Morgan fingerprint density at radius 3 is 2.36 bits per heavy atom. The molecule has 1 aromatic carbocycles. The molecule has 1 aromatic heterocycles. The summed E-state index contributed by atoms with van der Waals surface area (Å²) in [5.41, 5.74) is 0.746. The van der Waals surface area contributed by atoms with Crippen LogP contribution in [-0.4, -0.2) is 49.2 Å². The highest BCUT2D eigenvalue weighted by atomic mass is 16.5. The smallest absolute Gasteiger partial charge is 0.340 e. The van der Waals surface area contributed by atoms with Crippen molar-refractivity contribution in [1.82, 2.24) is 4.90 Å². The molecule has 1 saturated heterocycles. The summed E-state index contributed by atoms with van der Waals surface area (Å²) in [4.78, 5) is 37.8. The lowest BCUT2D eigenvalue weighted by Gasteiger charge is -2.30. The molecule has 0 spiro atoms. The van der Waals surface area contributed by atoms with Crippen LogP contribution in [0.25, 0.3) is 11.0 Å². The third kappa shape index (κ3) is 3.67. The first-order valence-corrected chi connectivity index (χ1v) is 9.04. The average Bonchev–Trinajstić information content (AvgIpc) is 2.70. The minimum atomic E-state index is -0.831. The van der Waals surface area contributed by atoms with Crippen LogP contribution in [0.3, 0.4) is 0 Å². The van der Waals surface area contributed by atoms with E-state index in [9.17, 15) is 14.4 Å². The molecule has 0 radical (unpaired) electrons. The second kappa shape index (κ2) is 7.92. The lowest BCUT2D eigenvalue weighted by Crippen LogP contribution is -2.41. The molecule has 1 fully saturated rings. The third-order valence-corrected chi connectivity index (χ3v) is 5.32. The van der Waals surface area contributed by atoms with Gasteiger partial charge in [-0.2, -0.15) is 0 Å². The van der Waals surface area contributed by atoms with Crippen molar-refractivity contribution in [2.75, 3.05) is 27.3 Å². The Balaban J connectivity index is 1.88. The fourth-order valence-corrected chi connectivity index (χ4v) is 3.56. The number of hydrogen-bond donors (Lipinski definition) is 1. The minimum absolute atomic E-state index is 0.0871. The number of ether oxygens (including phenoxy) is 2. The molecule has 0 bridgehead atoms. The van der Waals surface area contributed by atoms with E-state index >= 15 is 0 Å². The SMILES string of the molecule is COc1cc2oc(=O)c(CC(=O)N3CCC(C(=O)O)CC3)c(C)c2cc1OC. The summed E-state index contributed by atoms with van der Waals surface area (Å²) >= 11 is 0. The molecule has 8 nitrogen and oxygen atoms in total. The molecule has 0 aliphatic carbocycles. The minimum Gasteiger partial charge on any atom is -0.493 e. The van der Waals surface area contributed by atoms with Gasteiger partial charge in [0.1, 0.15) is 5.58 Å². The Morgan fingerprint density at radius 2 is 1.79 bits per heavy atom. The Hall–Kier alpha value is -3.03. The standard InChI is InChI=1S/C20H23NO7/c1-11-13-8-16(26-2)17(27-3)10-15(13)28-20(25)14(11)9-18(22)21-6-4-12(5-7-21)19(23)24/h8,10,12H,4-7,9H2,1-3H3,(H,23,24). The predicted molar refractivity (Wildman–Crippen MR) is 101 cm³/mol. The molecule has 28 heavy (non-hydrogen) atoms. The molecule has 1 aliphatic rings. The van der Waals surface area contributed by atoms with Gasteiger partial charge in [0.15, 0.2) is 11.5 Å². The van der Waals surface area contributed by atoms with Gasteiger partial charge in [-0.1, -0.05) is 0 Å². The maximum Gasteiger partial charge on any atom is 0.340 e. The van der Waals surface area contributed by atoms with E-state index in [4.69, 9.17) is 19.0 Å². The van der Waals surface area contributed by atoms with Crippen LogP contribution in [0, 0.1) is 12.8 Å². The number of likely N-dealkylation sites (tertiary alicyclic amines) is 1. The molecule has 3 rings (SSSR count). The fraction of sp³-hybridized carbons (Fsp3) is 0.450. The second-order valence-electron chi connectivity index (χ2n) is 6.87. The first kappa shape index (κ1) is 19.7. The van der Waals surface area contributed by atoms with Gasteiger partial charge in [0.2, 0.25) is 5.91 Å². The highest BCUT2D eigenvalue weighted by Crippen LogP contribution is 2.33. The zero-order valence-electron chi connectivity index (χ0n) is 16.1. The lowest BCUT2D eigenvalue weighted by atomic mass is 9.96. The van der Waals surface area contributed by atoms with Gasteiger partial charge in [-0.25, -0.2) is 4.79 Å². The molecular weight excluding hydrogens is 366 g/mol. The molecular formula is C20H23NO7. The molecule has 2 aromatic rings. The number of carbonyl (C=O) groups excluding carboxylic acids is 1. The quantitative estimate of drug-likeness (QED) is 0.780. The molecule has 8 heteroatoms. The molecule has 1 N–H and O–H groups in total. The monoisotopic (exact) mass is 389 g/mol. The van der Waals surface area contributed by atoms with Crippen LogP contribution in [-0.2, 0) is 16.0 Å². The molecule has 1 amide bonds. The highest BCUT2D eigenvalue weighted by Gasteiger charge is 2.28. The topological polar surface area (TPSA) is 106 Å². The van der Waals surface area contributed by atoms with Gasteiger partial charge in [-0.3, -0.25) is 9.59 Å². The predicted octanol–water partition coefficient (Wildman–Crippen LogP) is 1.98. The number of carboxylic acid groups (broad SMARTS) is 1. The second-order valence-corrected chi connectivity index (χ2v) is 6.87. The molecule has 150 valence electrons. The lowest BCUT2D eigenvalue weighted by molar-refractivity contribution is -0.145. The molecule has 1 aliphatic heterocycles. The summed E-state index contributed by atoms with van der Waals surface area (Å²) in [5, 5.41) is 9.75. The molecule has 0 atom stereocenters. The summed E-state index contributed by atoms with van der Waals surface area (Å²) in [6.45, 7) is 2.52. The van der Waals surface area contributed by atoms with E-state index in [2.05, 4.69) is 0 Å². The van der Waals surface area contributed by atoms with E-state index in [0.29, 0.717) is 59.5 Å². The average molecular weight is 389 g/mol. The Kier molecular flexibility index (Phi) is 5.58. The van der Waals surface area contributed by atoms with Crippen molar-refractivity contribution >= 4 is 22.8 Å². The van der Waals surface area contributed by atoms with Crippen LogP contribution in [0.5, 0.6) is 11.5 Å². The summed E-state index contributed by atoms with van der Waals surface area (Å²) in [7, 11) is 3.01. The van der Waals surface area contributed by atoms with Crippen LogP contribution in [0.15, 0.2) is 21.3 Å². The first-order chi connectivity index (χ1) is 13.3. The normalized spacial score (nSPS) is 14.9.